The Balaban J connectivity index is 1.63. The molecule has 1 aliphatic rings. The van der Waals surface area contributed by atoms with E-state index in [0.29, 0.717) is 6.42 Å². The third-order valence-corrected chi connectivity index (χ3v) is 3.78. The average Bonchev–Trinajstić information content (AvgIpc) is 2.93. The minimum Gasteiger partial charge on any atom is -0.493 e. The summed E-state index contributed by atoms with van der Waals surface area (Å²) in [6, 6.07) is 10.2. The van der Waals surface area contributed by atoms with Gasteiger partial charge in [-0.2, -0.15) is 0 Å². The Labute approximate surface area is 119 Å². The maximum absolute atomic E-state index is 10.2. The first-order valence-corrected chi connectivity index (χ1v) is 7.07. The van der Waals surface area contributed by atoms with Crippen LogP contribution in [0.2, 0.25) is 0 Å². The Morgan fingerprint density at radius 2 is 2.20 bits per heavy atom. The molecule has 1 aromatic heterocycles. The number of fused-ring (bicyclic) bond motifs is 1. The lowest BCUT2D eigenvalue weighted by atomic mass is 10.0. The minimum absolute atomic E-state index is 0.451. The highest BCUT2D eigenvalue weighted by molar-refractivity contribution is 5.39. The van der Waals surface area contributed by atoms with E-state index in [1.807, 2.05) is 25.1 Å². The van der Waals surface area contributed by atoms with Gasteiger partial charge in [-0.05, 0) is 48.6 Å². The molecule has 1 aromatic carbocycles. The summed E-state index contributed by atoms with van der Waals surface area (Å²) in [6.07, 6.45) is 3.88. The van der Waals surface area contributed by atoms with E-state index in [0.717, 1.165) is 36.5 Å². The van der Waals surface area contributed by atoms with Gasteiger partial charge in [-0.15, -0.1) is 0 Å². The molecule has 104 valence electrons. The Morgan fingerprint density at radius 1 is 1.30 bits per heavy atom. The van der Waals surface area contributed by atoms with Gasteiger partial charge in [0.2, 0.25) is 0 Å². The summed E-state index contributed by atoms with van der Waals surface area (Å²) in [6.45, 7) is 2.74. The van der Waals surface area contributed by atoms with Crippen LogP contribution >= 0.6 is 0 Å². The SMILES string of the molecule is Cc1ccc(C(O)CCc2ccc3c(c2)CCO3)cn1. The zero-order valence-electron chi connectivity index (χ0n) is 11.7. The van der Waals surface area contributed by atoms with Gasteiger partial charge in [0.05, 0.1) is 12.7 Å². The molecule has 3 heteroatoms. The number of rotatable bonds is 4. The number of nitrogens with zero attached hydrogens (tertiary/aromatic N) is 1. The molecule has 0 bridgehead atoms. The average molecular weight is 269 g/mol. The van der Waals surface area contributed by atoms with Crippen molar-refractivity contribution in [3.8, 4) is 5.75 Å². The van der Waals surface area contributed by atoms with Crippen molar-refractivity contribution in [1.82, 2.24) is 4.98 Å². The molecule has 0 amide bonds. The first kappa shape index (κ1) is 13.1. The number of pyridine rings is 1. The zero-order valence-corrected chi connectivity index (χ0v) is 11.7. The quantitative estimate of drug-likeness (QED) is 0.927. The standard InChI is InChI=1S/C17H19NO2/c1-12-2-5-15(11-18-12)16(19)6-3-13-4-7-17-14(10-13)8-9-20-17/h2,4-5,7,10-11,16,19H,3,6,8-9H2,1H3. The Hall–Kier alpha value is -1.87. The second-order valence-electron chi connectivity index (χ2n) is 5.33. The molecular formula is C17H19NO2. The lowest BCUT2D eigenvalue weighted by Crippen LogP contribution is -2.01. The van der Waals surface area contributed by atoms with Crippen molar-refractivity contribution in [2.45, 2.75) is 32.3 Å². The van der Waals surface area contributed by atoms with Crippen LogP contribution < -0.4 is 4.74 Å². The van der Waals surface area contributed by atoms with Crippen LogP contribution in [-0.4, -0.2) is 16.7 Å². The van der Waals surface area contributed by atoms with E-state index in [-0.39, 0.29) is 0 Å². The predicted molar refractivity (Wildman–Crippen MR) is 77.9 cm³/mol. The lowest BCUT2D eigenvalue weighted by Gasteiger charge is -2.11. The van der Waals surface area contributed by atoms with Crippen molar-refractivity contribution in [2.75, 3.05) is 6.61 Å². The lowest BCUT2D eigenvalue weighted by molar-refractivity contribution is 0.167. The van der Waals surface area contributed by atoms with Crippen molar-refractivity contribution < 1.29 is 9.84 Å². The molecular weight excluding hydrogens is 250 g/mol. The van der Waals surface area contributed by atoms with Crippen molar-refractivity contribution in [3.63, 3.8) is 0 Å². The predicted octanol–water partition coefficient (Wildman–Crippen LogP) is 2.99. The van der Waals surface area contributed by atoms with E-state index < -0.39 is 6.10 Å². The summed E-state index contributed by atoms with van der Waals surface area (Å²) < 4.78 is 5.50. The van der Waals surface area contributed by atoms with Gasteiger partial charge in [-0.25, -0.2) is 0 Å². The number of aliphatic hydroxyl groups excluding tert-OH is 1. The molecule has 2 aromatic rings. The van der Waals surface area contributed by atoms with E-state index in [2.05, 4.69) is 17.1 Å². The van der Waals surface area contributed by atoms with Crippen LogP contribution in [-0.2, 0) is 12.8 Å². The molecule has 20 heavy (non-hydrogen) atoms. The monoisotopic (exact) mass is 269 g/mol. The van der Waals surface area contributed by atoms with Crippen LogP contribution in [0.25, 0.3) is 0 Å². The first-order chi connectivity index (χ1) is 9.72. The number of ether oxygens (including phenoxy) is 1. The maximum atomic E-state index is 10.2. The number of aryl methyl sites for hydroxylation is 2. The van der Waals surface area contributed by atoms with Gasteiger partial charge in [0.15, 0.2) is 0 Å². The smallest absolute Gasteiger partial charge is 0.122 e. The molecule has 1 atom stereocenters. The van der Waals surface area contributed by atoms with Crippen LogP contribution in [0.4, 0.5) is 0 Å². The molecule has 0 radical (unpaired) electrons. The maximum Gasteiger partial charge on any atom is 0.122 e. The highest BCUT2D eigenvalue weighted by Gasteiger charge is 2.13. The second kappa shape index (κ2) is 5.63. The van der Waals surface area contributed by atoms with Crippen molar-refractivity contribution in [2.24, 2.45) is 0 Å². The fourth-order valence-electron chi connectivity index (χ4n) is 2.54. The number of aliphatic hydroxyl groups is 1. The van der Waals surface area contributed by atoms with E-state index in [9.17, 15) is 5.11 Å². The normalized spacial score (nSPS) is 14.7. The van der Waals surface area contributed by atoms with Gasteiger partial charge in [-0.3, -0.25) is 4.98 Å². The summed E-state index contributed by atoms with van der Waals surface area (Å²) in [5.74, 6) is 1.01. The number of hydrogen-bond donors (Lipinski definition) is 1. The first-order valence-electron chi connectivity index (χ1n) is 7.07. The number of benzene rings is 1. The van der Waals surface area contributed by atoms with Gasteiger partial charge in [0, 0.05) is 18.3 Å². The number of hydrogen-bond acceptors (Lipinski definition) is 3. The van der Waals surface area contributed by atoms with E-state index in [1.165, 1.54) is 11.1 Å². The Morgan fingerprint density at radius 3 is 3.00 bits per heavy atom. The van der Waals surface area contributed by atoms with Crippen LogP contribution in [0.5, 0.6) is 5.75 Å². The molecule has 0 fully saturated rings. The van der Waals surface area contributed by atoms with Crippen LogP contribution in [0, 0.1) is 6.92 Å². The fourth-order valence-corrected chi connectivity index (χ4v) is 2.54. The third-order valence-electron chi connectivity index (χ3n) is 3.78. The zero-order chi connectivity index (χ0) is 13.9. The van der Waals surface area contributed by atoms with Crippen LogP contribution in [0.15, 0.2) is 36.5 Å². The summed E-state index contributed by atoms with van der Waals surface area (Å²) in [5, 5.41) is 10.2. The Bertz CT molecular complexity index is 592. The van der Waals surface area contributed by atoms with Gasteiger partial charge in [0.25, 0.3) is 0 Å². The summed E-state index contributed by atoms with van der Waals surface area (Å²) in [7, 11) is 0. The van der Waals surface area contributed by atoms with Gasteiger partial charge in [0.1, 0.15) is 5.75 Å². The van der Waals surface area contributed by atoms with Crippen molar-refractivity contribution in [3.05, 3.63) is 58.9 Å². The van der Waals surface area contributed by atoms with E-state index in [4.69, 9.17) is 4.74 Å². The van der Waals surface area contributed by atoms with Crippen LogP contribution in [0.1, 0.15) is 34.9 Å². The van der Waals surface area contributed by atoms with Crippen molar-refractivity contribution in [1.29, 1.82) is 0 Å². The van der Waals surface area contributed by atoms with Gasteiger partial charge >= 0.3 is 0 Å². The summed E-state index contributed by atoms with van der Waals surface area (Å²) in [5.41, 5.74) is 4.40. The Kier molecular flexibility index (Phi) is 3.70. The highest BCUT2D eigenvalue weighted by Crippen LogP contribution is 2.27. The second-order valence-corrected chi connectivity index (χ2v) is 5.33. The van der Waals surface area contributed by atoms with E-state index >= 15 is 0 Å². The topological polar surface area (TPSA) is 42.4 Å². The van der Waals surface area contributed by atoms with Gasteiger partial charge in [-0.1, -0.05) is 18.2 Å². The molecule has 1 aliphatic heterocycles. The molecule has 0 saturated heterocycles. The number of aromatic nitrogens is 1. The molecule has 1 N–H and O–H groups in total. The summed E-state index contributed by atoms with van der Waals surface area (Å²) >= 11 is 0. The highest BCUT2D eigenvalue weighted by atomic mass is 16.5. The van der Waals surface area contributed by atoms with Gasteiger partial charge < -0.3 is 9.84 Å². The summed E-state index contributed by atoms with van der Waals surface area (Å²) in [4.78, 5) is 4.23. The molecule has 3 nitrogen and oxygen atoms in total. The molecule has 0 saturated carbocycles. The molecule has 0 aliphatic carbocycles. The van der Waals surface area contributed by atoms with Crippen molar-refractivity contribution >= 4 is 0 Å². The minimum atomic E-state index is -0.451. The van der Waals surface area contributed by atoms with Crippen LogP contribution in [0.3, 0.4) is 0 Å². The third kappa shape index (κ3) is 2.83. The fraction of sp³-hybridized carbons (Fsp3) is 0.353. The molecule has 0 spiro atoms. The molecule has 3 rings (SSSR count). The van der Waals surface area contributed by atoms with E-state index in [1.54, 1.807) is 6.20 Å². The largest absolute Gasteiger partial charge is 0.493 e. The molecule has 1 unspecified atom stereocenters. The molecule has 2 heterocycles.